The first-order valence-corrected chi connectivity index (χ1v) is 6.93. The smallest absolute Gasteiger partial charge is 0.0897 e. The summed E-state index contributed by atoms with van der Waals surface area (Å²) in [6.45, 7) is 4.29. The molecule has 3 nitrogen and oxygen atoms in total. The summed E-state index contributed by atoms with van der Waals surface area (Å²) < 4.78 is 0. The van der Waals surface area contributed by atoms with Crippen LogP contribution < -0.4 is 0 Å². The number of thiazole rings is 1. The number of aromatic nitrogens is 1. The third kappa shape index (κ3) is 3.03. The van der Waals surface area contributed by atoms with Crippen LogP contribution in [0.4, 0.5) is 0 Å². The molecule has 2 rings (SSSR count). The number of hydrogen-bond donors (Lipinski definition) is 1. The van der Waals surface area contributed by atoms with Crippen molar-refractivity contribution < 1.29 is 5.11 Å². The summed E-state index contributed by atoms with van der Waals surface area (Å²) in [5.41, 5.74) is 1.19. The van der Waals surface area contributed by atoms with Crippen LogP contribution in [0.1, 0.15) is 36.4 Å². The molecule has 1 fully saturated rings. The van der Waals surface area contributed by atoms with E-state index in [0.29, 0.717) is 6.61 Å². The Hall–Kier alpha value is -0.450. The van der Waals surface area contributed by atoms with Crippen molar-refractivity contribution in [3.8, 4) is 0 Å². The fourth-order valence-corrected chi connectivity index (χ4v) is 2.71. The second-order valence-electron chi connectivity index (χ2n) is 4.49. The van der Waals surface area contributed by atoms with E-state index in [0.717, 1.165) is 30.6 Å². The Morgan fingerprint density at radius 3 is 2.88 bits per heavy atom. The lowest BCUT2D eigenvalue weighted by atomic mass is 9.91. The van der Waals surface area contributed by atoms with Crippen LogP contribution in [-0.2, 0) is 6.54 Å². The van der Waals surface area contributed by atoms with Gasteiger partial charge in [-0.25, -0.2) is 4.98 Å². The highest BCUT2D eigenvalue weighted by Gasteiger charge is 2.24. The van der Waals surface area contributed by atoms with Gasteiger partial charge in [0.1, 0.15) is 0 Å². The molecule has 1 saturated carbocycles. The minimum absolute atomic E-state index is 0.291. The molecule has 0 amide bonds. The van der Waals surface area contributed by atoms with Gasteiger partial charge in [-0.1, -0.05) is 6.42 Å². The van der Waals surface area contributed by atoms with Crippen molar-refractivity contribution in [3.05, 3.63) is 16.1 Å². The van der Waals surface area contributed by atoms with Gasteiger partial charge in [0.2, 0.25) is 0 Å². The molecule has 90 valence electrons. The Bertz CT molecular complexity index is 323. The summed E-state index contributed by atoms with van der Waals surface area (Å²) in [7, 11) is 0. The van der Waals surface area contributed by atoms with Gasteiger partial charge in [-0.05, 0) is 26.2 Å². The summed E-state index contributed by atoms with van der Waals surface area (Å²) in [5, 5.41) is 12.2. The van der Waals surface area contributed by atoms with E-state index in [9.17, 15) is 0 Å². The molecule has 0 saturated heterocycles. The molecular weight excluding hydrogens is 220 g/mol. The van der Waals surface area contributed by atoms with Crippen LogP contribution in [0.15, 0.2) is 5.38 Å². The van der Waals surface area contributed by atoms with Crippen molar-refractivity contribution in [3.63, 3.8) is 0 Å². The molecule has 1 heterocycles. The molecule has 0 bridgehead atoms. The Morgan fingerprint density at radius 1 is 1.56 bits per heavy atom. The molecule has 1 aliphatic carbocycles. The lowest BCUT2D eigenvalue weighted by Crippen LogP contribution is -2.40. The van der Waals surface area contributed by atoms with E-state index in [1.807, 2.05) is 0 Å². The zero-order valence-electron chi connectivity index (χ0n) is 9.85. The second kappa shape index (κ2) is 5.75. The van der Waals surface area contributed by atoms with Gasteiger partial charge < -0.3 is 5.11 Å². The summed E-state index contributed by atoms with van der Waals surface area (Å²) >= 11 is 1.72. The minimum Gasteiger partial charge on any atom is -0.396 e. The molecule has 4 heteroatoms. The number of aliphatic hydroxyl groups excluding tert-OH is 1. The molecule has 1 aromatic heterocycles. The molecule has 16 heavy (non-hydrogen) atoms. The molecule has 0 atom stereocenters. The molecule has 1 N–H and O–H groups in total. The van der Waals surface area contributed by atoms with E-state index in [2.05, 4.69) is 22.2 Å². The van der Waals surface area contributed by atoms with Gasteiger partial charge >= 0.3 is 0 Å². The van der Waals surface area contributed by atoms with Crippen LogP contribution in [0, 0.1) is 6.92 Å². The third-order valence-corrected chi connectivity index (χ3v) is 4.05. The fourth-order valence-electron chi connectivity index (χ4n) is 2.11. The van der Waals surface area contributed by atoms with Gasteiger partial charge in [-0.2, -0.15) is 0 Å². The number of aryl methyl sites for hydroxylation is 1. The van der Waals surface area contributed by atoms with E-state index in [-0.39, 0.29) is 0 Å². The Kier molecular flexibility index (Phi) is 4.32. The normalized spacial score (nSPS) is 16.7. The molecule has 0 aromatic carbocycles. The molecule has 1 aromatic rings. The van der Waals surface area contributed by atoms with Crippen molar-refractivity contribution in [1.82, 2.24) is 9.88 Å². The van der Waals surface area contributed by atoms with Gasteiger partial charge in [0, 0.05) is 31.1 Å². The predicted molar refractivity (Wildman–Crippen MR) is 66.6 cm³/mol. The van der Waals surface area contributed by atoms with Gasteiger partial charge in [0.05, 0.1) is 10.7 Å². The maximum atomic E-state index is 8.92. The number of hydrogen-bond acceptors (Lipinski definition) is 4. The zero-order valence-corrected chi connectivity index (χ0v) is 10.7. The third-order valence-electron chi connectivity index (χ3n) is 3.23. The highest BCUT2D eigenvalue weighted by atomic mass is 32.1. The Labute approximate surface area is 101 Å². The predicted octanol–water partition coefficient (Wildman–Crippen LogP) is 2.19. The molecule has 0 aliphatic heterocycles. The highest BCUT2D eigenvalue weighted by molar-refractivity contribution is 7.09. The average Bonchev–Trinajstić information content (AvgIpc) is 2.58. The molecule has 0 radical (unpaired) electrons. The first-order chi connectivity index (χ1) is 7.79. The van der Waals surface area contributed by atoms with Crippen molar-refractivity contribution in [2.24, 2.45) is 0 Å². The standard InChI is InChI=1S/C12H20N2OS/c1-10-13-11(9-16-10)8-14(6-3-7-15)12-4-2-5-12/h9,12,15H,2-8H2,1H3. The van der Waals surface area contributed by atoms with Gasteiger partial charge in [-0.15, -0.1) is 11.3 Å². The lowest BCUT2D eigenvalue weighted by molar-refractivity contribution is 0.108. The van der Waals surface area contributed by atoms with Crippen molar-refractivity contribution in [1.29, 1.82) is 0 Å². The fraction of sp³-hybridized carbons (Fsp3) is 0.750. The lowest BCUT2D eigenvalue weighted by Gasteiger charge is -2.37. The zero-order chi connectivity index (χ0) is 11.4. The van der Waals surface area contributed by atoms with E-state index in [1.165, 1.54) is 25.0 Å². The number of aliphatic hydroxyl groups is 1. The Balaban J connectivity index is 1.90. The monoisotopic (exact) mass is 240 g/mol. The maximum absolute atomic E-state index is 8.92. The van der Waals surface area contributed by atoms with E-state index in [4.69, 9.17) is 5.11 Å². The molecular formula is C12H20N2OS. The van der Waals surface area contributed by atoms with Crippen LogP contribution in [0.3, 0.4) is 0 Å². The SMILES string of the molecule is Cc1nc(CN(CCCO)C2CCC2)cs1. The largest absolute Gasteiger partial charge is 0.396 e. The van der Waals surface area contributed by atoms with E-state index < -0.39 is 0 Å². The molecule has 0 unspecified atom stereocenters. The van der Waals surface area contributed by atoms with Crippen LogP contribution in [-0.4, -0.2) is 34.2 Å². The number of rotatable bonds is 6. The first-order valence-electron chi connectivity index (χ1n) is 6.05. The van der Waals surface area contributed by atoms with Crippen molar-refractivity contribution in [2.45, 2.75) is 45.2 Å². The Morgan fingerprint density at radius 2 is 2.38 bits per heavy atom. The van der Waals surface area contributed by atoms with Crippen LogP contribution in [0.25, 0.3) is 0 Å². The van der Waals surface area contributed by atoms with Crippen molar-refractivity contribution >= 4 is 11.3 Å². The topological polar surface area (TPSA) is 36.4 Å². The molecule has 0 spiro atoms. The van der Waals surface area contributed by atoms with Gasteiger partial charge in [0.15, 0.2) is 0 Å². The second-order valence-corrected chi connectivity index (χ2v) is 5.55. The van der Waals surface area contributed by atoms with Crippen LogP contribution in [0.2, 0.25) is 0 Å². The molecule has 1 aliphatic rings. The summed E-state index contributed by atoms with van der Waals surface area (Å²) in [6.07, 6.45) is 4.86. The maximum Gasteiger partial charge on any atom is 0.0897 e. The van der Waals surface area contributed by atoms with Crippen LogP contribution in [0.5, 0.6) is 0 Å². The summed E-state index contributed by atoms with van der Waals surface area (Å²) in [4.78, 5) is 6.99. The average molecular weight is 240 g/mol. The first kappa shape index (κ1) is 12.0. The van der Waals surface area contributed by atoms with Gasteiger partial charge in [-0.3, -0.25) is 4.90 Å². The minimum atomic E-state index is 0.291. The van der Waals surface area contributed by atoms with Crippen molar-refractivity contribution in [2.75, 3.05) is 13.2 Å². The summed E-state index contributed by atoms with van der Waals surface area (Å²) in [5.74, 6) is 0. The quantitative estimate of drug-likeness (QED) is 0.828. The van der Waals surface area contributed by atoms with E-state index >= 15 is 0 Å². The van der Waals surface area contributed by atoms with Gasteiger partial charge in [0.25, 0.3) is 0 Å². The number of nitrogens with zero attached hydrogens (tertiary/aromatic N) is 2. The van der Waals surface area contributed by atoms with Crippen LogP contribution >= 0.6 is 11.3 Å². The summed E-state index contributed by atoms with van der Waals surface area (Å²) in [6, 6.07) is 0.730. The van der Waals surface area contributed by atoms with E-state index in [1.54, 1.807) is 11.3 Å². The highest BCUT2D eigenvalue weighted by Crippen LogP contribution is 2.26.